The molecule has 2 aromatic carbocycles. The standard InChI is InChI=1S/C19H21F3IN5O3S/c1-26(2)19(29)27-7-9-28(10-8-27)32(30,31)25-16-6-4-13(20)17(22)18(16)24-15-5-3-12(23)11-14(15)21/h3-6,11,24-25H,7-10H2,1-2H3. The lowest BCUT2D eigenvalue weighted by molar-refractivity contribution is 0.149. The zero-order valence-corrected chi connectivity index (χ0v) is 20.2. The van der Waals surface area contributed by atoms with Crippen LogP contribution in [0.4, 0.5) is 35.0 Å². The second-order valence-electron chi connectivity index (χ2n) is 7.20. The number of carbonyl (C=O) groups is 1. The predicted octanol–water partition coefficient (Wildman–Crippen LogP) is 3.41. The quantitative estimate of drug-likeness (QED) is 0.529. The van der Waals surface area contributed by atoms with Crippen LogP contribution in [0, 0.1) is 21.0 Å². The number of nitrogens with zero attached hydrogens (tertiary/aromatic N) is 3. The van der Waals surface area contributed by atoms with E-state index in [-0.39, 0.29) is 43.6 Å². The van der Waals surface area contributed by atoms with E-state index in [0.29, 0.717) is 3.57 Å². The summed E-state index contributed by atoms with van der Waals surface area (Å²) in [6.45, 7) is 0.392. The van der Waals surface area contributed by atoms with Gasteiger partial charge in [-0.25, -0.2) is 18.0 Å². The lowest BCUT2D eigenvalue weighted by atomic mass is 10.2. The molecular formula is C19H21F3IN5O3S. The van der Waals surface area contributed by atoms with Gasteiger partial charge in [0.2, 0.25) is 0 Å². The third-order valence-corrected chi connectivity index (χ3v) is 6.95. The molecule has 2 amide bonds. The lowest BCUT2D eigenvalue weighted by Gasteiger charge is -2.35. The highest BCUT2D eigenvalue weighted by Gasteiger charge is 2.30. The number of anilines is 3. The van der Waals surface area contributed by atoms with Gasteiger partial charge in [0.05, 0.1) is 11.4 Å². The minimum Gasteiger partial charge on any atom is -0.349 e. The molecular weight excluding hydrogens is 562 g/mol. The van der Waals surface area contributed by atoms with Crippen molar-refractivity contribution in [3.63, 3.8) is 0 Å². The summed E-state index contributed by atoms with van der Waals surface area (Å²) in [5.74, 6) is -3.29. The van der Waals surface area contributed by atoms with E-state index in [4.69, 9.17) is 0 Å². The van der Waals surface area contributed by atoms with Gasteiger partial charge in [-0.15, -0.1) is 0 Å². The zero-order valence-electron chi connectivity index (χ0n) is 17.2. The van der Waals surface area contributed by atoms with Crippen molar-refractivity contribution < 1.29 is 26.4 Å². The fourth-order valence-electron chi connectivity index (χ4n) is 3.09. The third kappa shape index (κ3) is 5.38. The van der Waals surface area contributed by atoms with Gasteiger partial charge < -0.3 is 15.1 Å². The first kappa shape index (κ1) is 24.4. The molecule has 0 radical (unpaired) electrons. The Balaban J connectivity index is 1.82. The number of urea groups is 1. The average Bonchev–Trinajstić information content (AvgIpc) is 2.74. The Morgan fingerprint density at radius 2 is 1.62 bits per heavy atom. The van der Waals surface area contributed by atoms with E-state index < -0.39 is 33.3 Å². The minimum absolute atomic E-state index is 0.0209. The smallest absolute Gasteiger partial charge is 0.319 e. The normalized spacial score (nSPS) is 14.9. The van der Waals surface area contributed by atoms with Crippen LogP contribution in [0.25, 0.3) is 0 Å². The molecule has 0 unspecified atom stereocenters. The largest absolute Gasteiger partial charge is 0.349 e. The number of carbonyl (C=O) groups excluding carboxylic acids is 1. The molecule has 0 spiro atoms. The summed E-state index contributed by atoms with van der Waals surface area (Å²) in [6.07, 6.45) is 0. The summed E-state index contributed by atoms with van der Waals surface area (Å²) < 4.78 is 72.3. The Labute approximate surface area is 197 Å². The van der Waals surface area contributed by atoms with Gasteiger partial charge in [-0.3, -0.25) is 4.72 Å². The molecule has 1 saturated heterocycles. The first-order valence-corrected chi connectivity index (χ1v) is 12.0. The minimum atomic E-state index is -4.16. The van der Waals surface area contributed by atoms with E-state index in [0.717, 1.165) is 16.4 Å². The molecule has 13 heteroatoms. The van der Waals surface area contributed by atoms with Crippen LogP contribution < -0.4 is 10.0 Å². The van der Waals surface area contributed by atoms with Crippen molar-refractivity contribution in [2.24, 2.45) is 0 Å². The number of nitrogens with one attached hydrogen (secondary N) is 2. The molecule has 3 rings (SSSR count). The monoisotopic (exact) mass is 583 g/mol. The van der Waals surface area contributed by atoms with Gasteiger partial charge in [0, 0.05) is 43.8 Å². The Kier molecular flexibility index (Phi) is 7.39. The van der Waals surface area contributed by atoms with Crippen LogP contribution in [0.3, 0.4) is 0 Å². The van der Waals surface area contributed by atoms with Crippen LogP contribution >= 0.6 is 22.6 Å². The molecule has 8 nitrogen and oxygen atoms in total. The Hall–Kier alpha value is -2.26. The molecule has 2 N–H and O–H groups in total. The summed E-state index contributed by atoms with van der Waals surface area (Å²) in [7, 11) is -0.963. The molecule has 174 valence electrons. The van der Waals surface area contributed by atoms with Crippen molar-refractivity contribution in [1.82, 2.24) is 14.1 Å². The van der Waals surface area contributed by atoms with Crippen molar-refractivity contribution in [3.05, 3.63) is 51.4 Å². The van der Waals surface area contributed by atoms with Crippen molar-refractivity contribution >= 4 is 55.9 Å². The van der Waals surface area contributed by atoms with Gasteiger partial charge in [-0.05, 0) is 52.9 Å². The molecule has 0 bridgehead atoms. The van der Waals surface area contributed by atoms with Crippen molar-refractivity contribution in [3.8, 4) is 0 Å². The average molecular weight is 583 g/mol. The van der Waals surface area contributed by atoms with Crippen LogP contribution in [0.2, 0.25) is 0 Å². The van der Waals surface area contributed by atoms with Gasteiger partial charge in [0.15, 0.2) is 11.6 Å². The maximum atomic E-state index is 14.5. The predicted molar refractivity (Wildman–Crippen MR) is 124 cm³/mol. The number of hydrogen-bond acceptors (Lipinski definition) is 4. The molecule has 0 aliphatic carbocycles. The highest BCUT2D eigenvalue weighted by molar-refractivity contribution is 14.1. The van der Waals surface area contributed by atoms with Gasteiger partial charge in [-0.1, -0.05) is 0 Å². The molecule has 0 saturated carbocycles. The van der Waals surface area contributed by atoms with Gasteiger partial charge >= 0.3 is 16.2 Å². The molecule has 32 heavy (non-hydrogen) atoms. The summed E-state index contributed by atoms with van der Waals surface area (Å²) >= 11 is 1.90. The number of halogens is 4. The van der Waals surface area contributed by atoms with Crippen LogP contribution in [0.5, 0.6) is 0 Å². The Bertz CT molecular complexity index is 1130. The first-order valence-electron chi connectivity index (χ1n) is 9.44. The number of hydrogen-bond donors (Lipinski definition) is 2. The van der Waals surface area contributed by atoms with E-state index in [1.165, 1.54) is 21.9 Å². The third-order valence-electron chi connectivity index (χ3n) is 4.76. The Morgan fingerprint density at radius 1 is 1.00 bits per heavy atom. The van der Waals surface area contributed by atoms with Crippen LogP contribution in [-0.4, -0.2) is 68.8 Å². The fraction of sp³-hybridized carbons (Fsp3) is 0.316. The number of amides is 2. The summed E-state index contributed by atoms with van der Waals surface area (Å²) in [6, 6.07) is 5.67. The summed E-state index contributed by atoms with van der Waals surface area (Å²) in [4.78, 5) is 14.9. The molecule has 1 heterocycles. The molecule has 0 aromatic heterocycles. The maximum Gasteiger partial charge on any atom is 0.319 e. The van der Waals surface area contributed by atoms with E-state index in [1.807, 2.05) is 22.6 Å². The van der Waals surface area contributed by atoms with E-state index in [9.17, 15) is 26.4 Å². The van der Waals surface area contributed by atoms with Gasteiger partial charge in [0.25, 0.3) is 0 Å². The van der Waals surface area contributed by atoms with Crippen molar-refractivity contribution in [1.29, 1.82) is 0 Å². The van der Waals surface area contributed by atoms with Gasteiger partial charge in [-0.2, -0.15) is 12.7 Å². The highest BCUT2D eigenvalue weighted by atomic mass is 127. The molecule has 0 atom stereocenters. The number of benzene rings is 2. The maximum absolute atomic E-state index is 14.5. The van der Waals surface area contributed by atoms with E-state index in [2.05, 4.69) is 10.0 Å². The van der Waals surface area contributed by atoms with Gasteiger partial charge in [0.1, 0.15) is 11.5 Å². The second kappa shape index (κ2) is 9.70. The Morgan fingerprint density at radius 3 is 2.22 bits per heavy atom. The topological polar surface area (TPSA) is 85.0 Å². The molecule has 1 fully saturated rings. The van der Waals surface area contributed by atoms with E-state index >= 15 is 0 Å². The molecule has 2 aromatic rings. The fourth-order valence-corrected chi connectivity index (χ4v) is 4.76. The van der Waals surface area contributed by atoms with Crippen LogP contribution in [0.1, 0.15) is 0 Å². The van der Waals surface area contributed by atoms with Crippen molar-refractivity contribution in [2.45, 2.75) is 0 Å². The van der Waals surface area contributed by atoms with Crippen LogP contribution in [0.15, 0.2) is 30.3 Å². The van der Waals surface area contributed by atoms with Crippen molar-refractivity contribution in [2.75, 3.05) is 50.3 Å². The zero-order chi connectivity index (χ0) is 23.6. The first-order chi connectivity index (χ1) is 15.0. The SMILES string of the molecule is CN(C)C(=O)N1CCN(S(=O)(=O)Nc2ccc(F)c(F)c2Nc2ccc(I)cc2F)CC1. The lowest BCUT2D eigenvalue weighted by Crippen LogP contribution is -2.53. The summed E-state index contributed by atoms with van der Waals surface area (Å²) in [5.41, 5.74) is -0.977. The van der Waals surface area contributed by atoms with Crippen LogP contribution in [-0.2, 0) is 10.2 Å². The number of rotatable bonds is 5. The molecule has 1 aliphatic heterocycles. The molecule has 1 aliphatic rings. The number of piperazine rings is 1. The summed E-state index contributed by atoms with van der Waals surface area (Å²) in [5, 5.41) is 2.44. The second-order valence-corrected chi connectivity index (χ2v) is 10.1. The highest BCUT2D eigenvalue weighted by Crippen LogP contribution is 2.32. The van der Waals surface area contributed by atoms with E-state index in [1.54, 1.807) is 20.2 Å².